The van der Waals surface area contributed by atoms with Crippen LogP contribution >= 0.6 is 0 Å². The van der Waals surface area contributed by atoms with Crippen molar-refractivity contribution in [3.63, 3.8) is 0 Å². The van der Waals surface area contributed by atoms with E-state index in [0.29, 0.717) is 11.8 Å². The minimum atomic E-state index is 0. The fourth-order valence-corrected chi connectivity index (χ4v) is 4.54. The van der Waals surface area contributed by atoms with Gasteiger partial charge in [0.1, 0.15) is 5.58 Å². The third-order valence-corrected chi connectivity index (χ3v) is 6.73. The van der Waals surface area contributed by atoms with Gasteiger partial charge < -0.3 is 14.4 Å². The van der Waals surface area contributed by atoms with Crippen molar-refractivity contribution in [2.24, 2.45) is 0 Å². The van der Waals surface area contributed by atoms with Crippen molar-refractivity contribution in [1.29, 1.82) is 0 Å². The van der Waals surface area contributed by atoms with Gasteiger partial charge in [-0.3, -0.25) is 0 Å². The van der Waals surface area contributed by atoms with E-state index in [1.807, 2.05) is 55.7 Å². The van der Waals surface area contributed by atoms with Gasteiger partial charge in [-0.25, -0.2) is 0 Å². The van der Waals surface area contributed by atoms with Gasteiger partial charge in [0.2, 0.25) is 0 Å². The van der Waals surface area contributed by atoms with Gasteiger partial charge >= 0.3 is 0 Å². The molecule has 0 aliphatic carbocycles. The van der Waals surface area contributed by atoms with E-state index < -0.39 is 0 Å². The zero-order chi connectivity index (χ0) is 26.6. The van der Waals surface area contributed by atoms with E-state index >= 15 is 0 Å². The molecular formula is C35H32IrN2O-2. The summed E-state index contributed by atoms with van der Waals surface area (Å²) in [6.07, 6.45) is 3.72. The summed E-state index contributed by atoms with van der Waals surface area (Å²) in [5.74, 6) is 0.952. The number of aryl methyl sites for hydroxylation is 1. The Morgan fingerprint density at radius 1 is 0.769 bits per heavy atom. The quantitative estimate of drug-likeness (QED) is 0.173. The Morgan fingerprint density at radius 2 is 1.59 bits per heavy atom. The first kappa shape index (κ1) is 28.4. The number of pyridine rings is 2. The molecule has 0 saturated heterocycles. The molecule has 1 radical (unpaired) electrons. The summed E-state index contributed by atoms with van der Waals surface area (Å²) in [4.78, 5) is 8.99. The van der Waals surface area contributed by atoms with Crippen LogP contribution in [-0.4, -0.2) is 9.97 Å². The standard InChI is InChI=1S/C20H16NO.C15H16N.Ir/c1-13(2)14-10-6-12-21-19(14)17-9-5-8-16-15-7-3-4-11-18(15)22-20(16)17;1-11(2)13-5-7-14(8-6-13)15-9-4-12(3)10-16-15;/h3-8,10-13H,1-2H3;4-7,9-11H,1-3H3;/q2*-1;. The van der Waals surface area contributed by atoms with E-state index in [0.717, 1.165) is 44.5 Å². The number of benzene rings is 3. The van der Waals surface area contributed by atoms with Crippen molar-refractivity contribution in [1.82, 2.24) is 9.97 Å². The van der Waals surface area contributed by atoms with Crippen LogP contribution in [0.1, 0.15) is 56.2 Å². The molecule has 6 aromatic rings. The van der Waals surface area contributed by atoms with Crippen LogP contribution in [0.15, 0.2) is 95.7 Å². The fourth-order valence-electron chi connectivity index (χ4n) is 4.54. The molecule has 6 rings (SSSR count). The molecule has 0 saturated carbocycles. The molecule has 0 fully saturated rings. The summed E-state index contributed by atoms with van der Waals surface area (Å²) < 4.78 is 6.10. The van der Waals surface area contributed by atoms with E-state index in [1.54, 1.807) is 0 Å². The summed E-state index contributed by atoms with van der Waals surface area (Å²) in [6, 6.07) is 33.3. The van der Waals surface area contributed by atoms with Crippen LogP contribution in [0.4, 0.5) is 0 Å². The summed E-state index contributed by atoms with van der Waals surface area (Å²) >= 11 is 0. The molecule has 0 spiro atoms. The Labute approximate surface area is 244 Å². The molecular weight excluding hydrogens is 657 g/mol. The van der Waals surface area contributed by atoms with Gasteiger partial charge in [-0.15, -0.1) is 53.6 Å². The van der Waals surface area contributed by atoms with E-state index in [-0.39, 0.29) is 20.1 Å². The van der Waals surface area contributed by atoms with E-state index in [1.165, 1.54) is 16.7 Å². The third-order valence-electron chi connectivity index (χ3n) is 6.73. The van der Waals surface area contributed by atoms with Gasteiger partial charge in [-0.05, 0) is 41.9 Å². The average Bonchev–Trinajstić information content (AvgIpc) is 3.33. The number of aromatic nitrogens is 2. The number of hydrogen-bond acceptors (Lipinski definition) is 3. The Hall–Kier alpha value is -3.59. The monoisotopic (exact) mass is 689 g/mol. The fraction of sp³-hybridized carbons (Fsp3) is 0.200. The number of furan rings is 1. The Balaban J connectivity index is 0.000000186. The molecule has 0 unspecified atom stereocenters. The first-order valence-electron chi connectivity index (χ1n) is 13.1. The SMILES string of the molecule is CC(C)c1cccnc1-c1[c-]ccc2c1oc1ccccc12.Cc1ccc(-c2[c-]cc(C(C)C)cc2)nc1.[Ir]. The zero-order valence-corrected chi connectivity index (χ0v) is 25.3. The minimum absolute atomic E-state index is 0. The molecule has 0 bridgehead atoms. The number of para-hydroxylation sites is 1. The molecule has 0 aliphatic heterocycles. The topological polar surface area (TPSA) is 38.9 Å². The molecule has 0 atom stereocenters. The second-order valence-corrected chi connectivity index (χ2v) is 10.2. The molecule has 0 aliphatic rings. The van der Waals surface area contributed by atoms with Crippen LogP contribution in [0.2, 0.25) is 0 Å². The van der Waals surface area contributed by atoms with E-state index in [2.05, 4.69) is 92.3 Å². The number of fused-ring (bicyclic) bond motifs is 3. The molecule has 3 aromatic carbocycles. The largest absolute Gasteiger partial charge is 0.501 e. The van der Waals surface area contributed by atoms with Crippen LogP contribution in [-0.2, 0) is 20.1 Å². The van der Waals surface area contributed by atoms with Crippen LogP contribution in [0, 0.1) is 19.1 Å². The van der Waals surface area contributed by atoms with Crippen molar-refractivity contribution in [3.05, 3.63) is 120 Å². The van der Waals surface area contributed by atoms with Crippen molar-refractivity contribution in [3.8, 4) is 22.5 Å². The smallest absolute Gasteiger partial charge is 0.120 e. The first-order valence-corrected chi connectivity index (χ1v) is 13.1. The van der Waals surface area contributed by atoms with Crippen molar-refractivity contribution >= 4 is 21.9 Å². The third kappa shape index (κ3) is 6.19. The van der Waals surface area contributed by atoms with Crippen LogP contribution in [0.3, 0.4) is 0 Å². The minimum Gasteiger partial charge on any atom is -0.501 e. The maximum absolute atomic E-state index is 6.10. The number of hydrogen-bond donors (Lipinski definition) is 0. The Kier molecular flexibility index (Phi) is 9.12. The maximum atomic E-state index is 6.10. The molecule has 3 aromatic heterocycles. The van der Waals surface area contributed by atoms with Crippen molar-refractivity contribution in [2.45, 2.75) is 46.5 Å². The summed E-state index contributed by atoms with van der Waals surface area (Å²) in [5.41, 5.74) is 9.43. The molecule has 0 amide bonds. The maximum Gasteiger partial charge on any atom is 0.120 e. The Morgan fingerprint density at radius 3 is 2.28 bits per heavy atom. The predicted molar refractivity (Wildman–Crippen MR) is 157 cm³/mol. The summed E-state index contributed by atoms with van der Waals surface area (Å²) in [7, 11) is 0. The summed E-state index contributed by atoms with van der Waals surface area (Å²) in [6.45, 7) is 10.8. The van der Waals surface area contributed by atoms with Gasteiger partial charge in [0.05, 0.1) is 5.58 Å². The van der Waals surface area contributed by atoms with Gasteiger partial charge in [0.25, 0.3) is 0 Å². The predicted octanol–water partition coefficient (Wildman–Crippen LogP) is 9.55. The molecule has 4 heteroatoms. The van der Waals surface area contributed by atoms with Gasteiger partial charge in [0, 0.05) is 37.9 Å². The molecule has 3 heterocycles. The molecule has 3 nitrogen and oxygen atoms in total. The molecule has 0 N–H and O–H groups in total. The molecule has 39 heavy (non-hydrogen) atoms. The second kappa shape index (κ2) is 12.5. The average molecular weight is 689 g/mol. The number of rotatable bonds is 4. The first-order chi connectivity index (χ1) is 18.4. The number of nitrogens with zero attached hydrogens (tertiary/aromatic N) is 2. The van der Waals surface area contributed by atoms with Gasteiger partial charge in [0.15, 0.2) is 0 Å². The van der Waals surface area contributed by atoms with Crippen molar-refractivity contribution in [2.75, 3.05) is 0 Å². The Bertz CT molecular complexity index is 1670. The van der Waals surface area contributed by atoms with Crippen LogP contribution in [0.25, 0.3) is 44.5 Å². The van der Waals surface area contributed by atoms with E-state index in [9.17, 15) is 0 Å². The van der Waals surface area contributed by atoms with Crippen LogP contribution < -0.4 is 0 Å². The van der Waals surface area contributed by atoms with Gasteiger partial charge in [-0.1, -0.05) is 86.5 Å². The van der Waals surface area contributed by atoms with Gasteiger partial charge in [-0.2, -0.15) is 0 Å². The van der Waals surface area contributed by atoms with E-state index in [4.69, 9.17) is 4.42 Å². The summed E-state index contributed by atoms with van der Waals surface area (Å²) in [5, 5.41) is 2.25. The van der Waals surface area contributed by atoms with Crippen LogP contribution in [0.5, 0.6) is 0 Å². The normalized spacial score (nSPS) is 10.9. The zero-order valence-electron chi connectivity index (χ0n) is 23.0. The van der Waals surface area contributed by atoms with Crippen molar-refractivity contribution < 1.29 is 24.5 Å². The molecule has 199 valence electrons. The second-order valence-electron chi connectivity index (χ2n) is 10.2.